The molecule has 1 rings (SSSR count). The Kier molecular flexibility index (Phi) is 5.65. The molecule has 0 atom stereocenters. The minimum Gasteiger partial charge on any atom is -0.477 e. The molecule has 0 aliphatic heterocycles. The molecule has 1 aromatic heterocycles. The molecule has 0 aliphatic carbocycles. The summed E-state index contributed by atoms with van der Waals surface area (Å²) in [7, 11) is 0. The highest BCUT2D eigenvalue weighted by Crippen LogP contribution is 2.15. The lowest BCUT2D eigenvalue weighted by molar-refractivity contribution is -0.120. The van der Waals surface area contributed by atoms with E-state index in [1.807, 2.05) is 6.92 Å². The highest BCUT2D eigenvalue weighted by molar-refractivity contribution is 7.13. The zero-order valence-corrected chi connectivity index (χ0v) is 10.5. The highest BCUT2D eigenvalue weighted by atomic mass is 32.1. The summed E-state index contributed by atoms with van der Waals surface area (Å²) in [5.41, 5.74) is 0. The van der Waals surface area contributed by atoms with Gasteiger partial charge in [-0.25, -0.2) is 4.79 Å². The Morgan fingerprint density at radius 2 is 2.18 bits per heavy atom. The van der Waals surface area contributed by atoms with Crippen molar-refractivity contribution in [2.75, 3.05) is 13.1 Å². The van der Waals surface area contributed by atoms with Gasteiger partial charge >= 0.3 is 5.97 Å². The molecule has 3 N–H and O–H groups in total. The number of carboxylic acid groups (broad SMARTS) is 1. The maximum atomic E-state index is 11.1. The Morgan fingerprint density at radius 1 is 1.41 bits per heavy atom. The predicted octanol–water partition coefficient (Wildman–Crippen LogP) is 1.06. The molecule has 6 heteroatoms. The summed E-state index contributed by atoms with van der Waals surface area (Å²) in [5, 5.41) is 14.5. The molecule has 1 amide bonds. The molecule has 0 spiro atoms. The number of carboxylic acids is 1. The number of carbonyl (C=O) groups excluding carboxylic acids is 1. The van der Waals surface area contributed by atoms with E-state index in [1.165, 1.54) is 11.3 Å². The number of carbonyl (C=O) groups is 2. The van der Waals surface area contributed by atoms with Crippen LogP contribution >= 0.6 is 11.3 Å². The fourth-order valence-electron chi connectivity index (χ4n) is 1.29. The third-order valence-electron chi connectivity index (χ3n) is 2.07. The minimum absolute atomic E-state index is 0.0254. The molecule has 0 unspecified atom stereocenters. The summed E-state index contributed by atoms with van der Waals surface area (Å²) in [4.78, 5) is 23.1. The number of nitrogens with one attached hydrogen (secondary N) is 2. The third kappa shape index (κ3) is 4.97. The Morgan fingerprint density at radius 3 is 2.76 bits per heavy atom. The molecule has 0 fully saturated rings. The van der Waals surface area contributed by atoms with Crippen LogP contribution in [0.3, 0.4) is 0 Å². The van der Waals surface area contributed by atoms with Gasteiger partial charge in [0.15, 0.2) is 0 Å². The van der Waals surface area contributed by atoms with Crippen LogP contribution in [0, 0.1) is 0 Å². The van der Waals surface area contributed by atoms with Gasteiger partial charge in [-0.1, -0.05) is 0 Å². The van der Waals surface area contributed by atoms with Crippen molar-refractivity contribution in [1.82, 2.24) is 10.6 Å². The lowest BCUT2D eigenvalue weighted by Crippen LogP contribution is -2.27. The van der Waals surface area contributed by atoms with Crippen molar-refractivity contribution in [3.05, 3.63) is 21.9 Å². The highest BCUT2D eigenvalue weighted by Gasteiger charge is 2.06. The maximum absolute atomic E-state index is 11.1. The van der Waals surface area contributed by atoms with E-state index in [-0.39, 0.29) is 5.91 Å². The molecule has 5 nitrogen and oxygen atoms in total. The summed E-state index contributed by atoms with van der Waals surface area (Å²) in [5.74, 6) is -0.874. The molecular weight excluding hydrogens is 240 g/mol. The summed E-state index contributed by atoms with van der Waals surface area (Å²) >= 11 is 1.25. The van der Waals surface area contributed by atoms with Crippen LogP contribution in [0.4, 0.5) is 0 Å². The molecule has 0 radical (unpaired) electrons. The van der Waals surface area contributed by atoms with Gasteiger partial charge in [0, 0.05) is 30.9 Å². The molecule has 94 valence electrons. The summed E-state index contributed by atoms with van der Waals surface area (Å²) in [6.07, 6.45) is 0.436. The molecular formula is C11H16N2O3S. The van der Waals surface area contributed by atoms with Crippen molar-refractivity contribution >= 4 is 23.2 Å². The second kappa shape index (κ2) is 7.03. The fourth-order valence-corrected chi connectivity index (χ4v) is 2.10. The first-order valence-corrected chi connectivity index (χ1v) is 6.24. The normalized spacial score (nSPS) is 10.2. The van der Waals surface area contributed by atoms with E-state index in [0.717, 1.165) is 4.88 Å². The van der Waals surface area contributed by atoms with Gasteiger partial charge in [-0.3, -0.25) is 4.79 Å². The van der Waals surface area contributed by atoms with Crippen LogP contribution in [0.1, 0.15) is 27.9 Å². The monoisotopic (exact) mass is 256 g/mol. The van der Waals surface area contributed by atoms with Gasteiger partial charge in [-0.2, -0.15) is 0 Å². The van der Waals surface area contributed by atoms with E-state index < -0.39 is 5.97 Å². The lowest BCUT2D eigenvalue weighted by Gasteiger charge is -2.03. The molecule has 1 heterocycles. The summed E-state index contributed by atoms with van der Waals surface area (Å²) in [6.45, 7) is 3.71. The van der Waals surface area contributed by atoms with E-state index in [0.29, 0.717) is 30.9 Å². The van der Waals surface area contributed by atoms with E-state index in [9.17, 15) is 9.59 Å². The zero-order chi connectivity index (χ0) is 12.7. The first-order chi connectivity index (χ1) is 8.13. The topological polar surface area (TPSA) is 78.4 Å². The smallest absolute Gasteiger partial charge is 0.345 e. The first kappa shape index (κ1) is 13.7. The van der Waals surface area contributed by atoms with E-state index in [4.69, 9.17) is 5.11 Å². The van der Waals surface area contributed by atoms with Crippen molar-refractivity contribution < 1.29 is 14.7 Å². The summed E-state index contributed by atoms with van der Waals surface area (Å²) in [6, 6.07) is 3.38. The Hall–Kier alpha value is -1.40. The van der Waals surface area contributed by atoms with E-state index >= 15 is 0 Å². The van der Waals surface area contributed by atoms with Crippen molar-refractivity contribution in [2.24, 2.45) is 0 Å². The molecule has 0 aromatic carbocycles. The van der Waals surface area contributed by atoms with Gasteiger partial charge in [0.2, 0.25) is 5.91 Å². The van der Waals surface area contributed by atoms with Crippen molar-refractivity contribution in [3.63, 3.8) is 0 Å². The molecule has 0 aliphatic rings. The van der Waals surface area contributed by atoms with Crippen LogP contribution in [0.2, 0.25) is 0 Å². The second-order valence-electron chi connectivity index (χ2n) is 3.45. The van der Waals surface area contributed by atoms with Crippen LogP contribution in [0.5, 0.6) is 0 Å². The van der Waals surface area contributed by atoms with Gasteiger partial charge < -0.3 is 15.7 Å². The maximum Gasteiger partial charge on any atom is 0.345 e. The van der Waals surface area contributed by atoms with E-state index in [1.54, 1.807) is 12.1 Å². The lowest BCUT2D eigenvalue weighted by atomic mass is 10.3. The van der Waals surface area contributed by atoms with Gasteiger partial charge in [-0.05, 0) is 19.1 Å². The molecule has 0 saturated carbocycles. The average Bonchev–Trinajstić information content (AvgIpc) is 2.73. The third-order valence-corrected chi connectivity index (χ3v) is 3.15. The van der Waals surface area contributed by atoms with E-state index in [2.05, 4.69) is 10.6 Å². The number of aromatic carboxylic acids is 1. The molecule has 1 aromatic rings. The average molecular weight is 256 g/mol. The number of thiophene rings is 1. The standard InChI is InChI=1S/C11H16N2O3S/c1-2-13-10(14)5-6-12-7-8-3-4-9(17-8)11(15)16/h3-4,12H,2,5-7H2,1H3,(H,13,14)(H,15,16). The SMILES string of the molecule is CCNC(=O)CCNCc1ccc(C(=O)O)s1. The van der Waals surface area contributed by atoms with Gasteiger partial charge in [0.05, 0.1) is 0 Å². The van der Waals surface area contributed by atoms with Crippen molar-refractivity contribution in [3.8, 4) is 0 Å². The fraction of sp³-hybridized carbons (Fsp3) is 0.455. The van der Waals surface area contributed by atoms with Gasteiger partial charge in [0.1, 0.15) is 4.88 Å². The number of hydrogen-bond acceptors (Lipinski definition) is 4. The van der Waals surface area contributed by atoms with Crippen molar-refractivity contribution in [2.45, 2.75) is 19.9 Å². The van der Waals surface area contributed by atoms with Crippen LogP contribution in [0.15, 0.2) is 12.1 Å². The number of hydrogen-bond donors (Lipinski definition) is 3. The Balaban J connectivity index is 2.22. The number of rotatable bonds is 7. The Labute approximate surface area is 104 Å². The van der Waals surface area contributed by atoms with Crippen LogP contribution in [0.25, 0.3) is 0 Å². The molecule has 0 bridgehead atoms. The predicted molar refractivity (Wildman–Crippen MR) is 66.3 cm³/mol. The van der Waals surface area contributed by atoms with Crippen molar-refractivity contribution in [1.29, 1.82) is 0 Å². The van der Waals surface area contributed by atoms with Gasteiger partial charge in [0.25, 0.3) is 0 Å². The largest absolute Gasteiger partial charge is 0.477 e. The van der Waals surface area contributed by atoms with Crippen LogP contribution in [-0.4, -0.2) is 30.1 Å². The quantitative estimate of drug-likeness (QED) is 0.637. The minimum atomic E-state index is -0.899. The molecule has 0 saturated heterocycles. The van der Waals surface area contributed by atoms with Gasteiger partial charge in [-0.15, -0.1) is 11.3 Å². The molecule has 17 heavy (non-hydrogen) atoms. The van der Waals surface area contributed by atoms with Crippen LogP contribution < -0.4 is 10.6 Å². The Bertz CT molecular complexity index is 390. The second-order valence-corrected chi connectivity index (χ2v) is 4.62. The summed E-state index contributed by atoms with van der Waals surface area (Å²) < 4.78 is 0. The number of amides is 1. The first-order valence-electron chi connectivity index (χ1n) is 5.43. The van der Waals surface area contributed by atoms with Crippen LogP contribution in [-0.2, 0) is 11.3 Å². The zero-order valence-electron chi connectivity index (χ0n) is 9.66.